The standard InChI is InChI=1S/2C17H15.C8H17Cl6Si3.2ClH.Zr/c2*1-2-13-11-15-9-6-10-16(17(15)12-13)14-7-4-3-5-8-14;9-16(10,11)7-3-1-5-15-6-2-4-8-17(12,13)14;;;/h2*3-12H,2H2,1H3;15H,1-8H2;2*1H;/q;;;;;+2/p-2. The van der Waals surface area contributed by atoms with Crippen molar-refractivity contribution in [2.45, 2.75) is 83.8 Å². The van der Waals surface area contributed by atoms with Crippen LogP contribution in [0.5, 0.6) is 0 Å². The molecule has 0 N–H and O–H groups in total. The van der Waals surface area contributed by atoms with Crippen molar-refractivity contribution in [3.63, 3.8) is 0 Å². The minimum atomic E-state index is -5.27. The van der Waals surface area contributed by atoms with Crippen molar-refractivity contribution < 1.29 is 15.6 Å². The summed E-state index contributed by atoms with van der Waals surface area (Å²) in [4.78, 5) is 0. The second kappa shape index (κ2) is 18.2. The average Bonchev–Trinajstić information content (AvgIpc) is 3.74. The topological polar surface area (TPSA) is 0 Å². The van der Waals surface area contributed by atoms with Crippen LogP contribution < -0.4 is 0 Å². The minimum absolute atomic E-state index is 0.0218. The van der Waals surface area contributed by atoms with Gasteiger partial charge in [-0.1, -0.05) is 0 Å². The molecule has 0 aromatic heterocycles. The first-order chi connectivity index (χ1) is 25.7. The van der Waals surface area contributed by atoms with E-state index in [0.29, 0.717) is 12.1 Å². The Balaban J connectivity index is 1.58. The van der Waals surface area contributed by atoms with Crippen molar-refractivity contribution in [2.24, 2.45) is 0 Å². The van der Waals surface area contributed by atoms with Crippen molar-refractivity contribution in [3.8, 4) is 22.3 Å². The second-order valence-electron chi connectivity index (χ2n) is 15.0. The van der Waals surface area contributed by atoms with Crippen LogP contribution in [-0.4, -0.2) is 17.9 Å². The summed E-state index contributed by atoms with van der Waals surface area (Å²) in [5.74, 6) is -2.03. The third kappa shape index (κ3) is 9.48. The van der Waals surface area contributed by atoms with Gasteiger partial charge in [-0.25, -0.2) is 0 Å². The van der Waals surface area contributed by atoms with E-state index in [-0.39, 0.29) is 7.25 Å². The molecule has 2 aliphatic carbocycles. The molecule has 4 aromatic carbocycles. The van der Waals surface area contributed by atoms with Crippen LogP contribution in [0.2, 0.25) is 24.2 Å². The summed E-state index contributed by atoms with van der Waals surface area (Å²) in [6.45, 7) is 4.55. The Morgan fingerprint density at radius 2 is 0.907 bits per heavy atom. The van der Waals surface area contributed by atoms with Gasteiger partial charge in [0.15, 0.2) is 0 Å². The van der Waals surface area contributed by atoms with Gasteiger partial charge in [0.2, 0.25) is 0 Å². The fraction of sp³-hybridized carbons (Fsp3) is 0.333. The predicted molar refractivity (Wildman–Crippen MR) is 249 cm³/mol. The summed E-state index contributed by atoms with van der Waals surface area (Å²) in [6.07, 6.45) is 10.3. The van der Waals surface area contributed by atoms with Crippen molar-refractivity contribution in [2.75, 3.05) is 0 Å². The SMILES string of the molecule is CCC1=Cc2c(-c3ccccc3)cccc2[CH]1[Zr]([Cl])([Cl])([CH]1C(CC)=Cc2c(-c3ccccc3)cccc21)[SiH](CCCC[Si](Cl)(Cl)Cl)CCCC[Si](Cl)(Cl)Cl. The van der Waals surface area contributed by atoms with Gasteiger partial charge in [-0.3, -0.25) is 0 Å². The molecule has 0 aliphatic heterocycles. The van der Waals surface area contributed by atoms with E-state index < -0.39 is 33.5 Å². The number of halogens is 8. The molecule has 0 fully saturated rings. The number of unbranched alkanes of at least 4 members (excludes halogenated alkanes) is 2. The molecule has 0 amide bonds. The molecule has 0 radical (unpaired) electrons. The third-order valence-electron chi connectivity index (χ3n) is 11.7. The Labute approximate surface area is 361 Å². The summed E-state index contributed by atoms with van der Waals surface area (Å²) < 4.78 is -0.0436. The molecule has 2 unspecified atom stereocenters. The third-order valence-corrected chi connectivity index (χ3v) is 65.3. The van der Waals surface area contributed by atoms with Crippen molar-refractivity contribution >= 4 is 114 Å². The molecular formula is C42H47Cl8Si3Zr. The van der Waals surface area contributed by atoms with Crippen molar-refractivity contribution in [1.29, 1.82) is 0 Å². The molecule has 12 heteroatoms. The molecule has 0 spiro atoms. The molecule has 54 heavy (non-hydrogen) atoms. The zero-order valence-corrected chi connectivity index (χ0v) is 42.4. The van der Waals surface area contributed by atoms with Gasteiger partial charge in [0.25, 0.3) is 0 Å². The zero-order valence-electron chi connectivity index (χ0n) is 30.7. The number of rotatable bonds is 17. The number of fused-ring (bicyclic) bond motifs is 2. The van der Waals surface area contributed by atoms with Gasteiger partial charge in [-0.2, -0.15) is 0 Å². The quantitative estimate of drug-likeness (QED) is 0.0562. The number of hydrogen-bond donors (Lipinski definition) is 0. The molecule has 0 heterocycles. The van der Waals surface area contributed by atoms with E-state index in [2.05, 4.69) is 123 Å². The summed E-state index contributed by atoms with van der Waals surface area (Å²) in [6, 6.07) is 32.7. The summed E-state index contributed by atoms with van der Waals surface area (Å²) in [7, 11) is 18.3. The average molecular weight is 1010 g/mol. The van der Waals surface area contributed by atoms with E-state index >= 15 is 0 Å². The Hall–Kier alpha value is 0.214. The monoisotopic (exact) mass is 1000 g/mol. The van der Waals surface area contributed by atoms with Crippen LogP contribution in [0.25, 0.3) is 34.4 Å². The van der Waals surface area contributed by atoms with E-state index in [1.165, 1.54) is 55.7 Å². The number of hydrogen-bond acceptors (Lipinski definition) is 0. The molecule has 287 valence electrons. The van der Waals surface area contributed by atoms with Gasteiger partial charge >= 0.3 is 366 Å². The predicted octanol–water partition coefficient (Wildman–Crippen LogP) is 17.0. The van der Waals surface area contributed by atoms with E-state index in [1.807, 2.05) is 0 Å². The summed E-state index contributed by atoms with van der Waals surface area (Å²) in [5, 5.41) is 0. The summed E-state index contributed by atoms with van der Waals surface area (Å²) >= 11 is 33.3. The molecule has 2 atom stereocenters. The van der Waals surface area contributed by atoms with Crippen molar-refractivity contribution in [1.82, 2.24) is 0 Å². The fourth-order valence-corrected chi connectivity index (χ4v) is 63.4. The normalized spacial score (nSPS) is 17.9. The van der Waals surface area contributed by atoms with Crippen LogP contribution >= 0.6 is 83.5 Å². The Morgan fingerprint density at radius 3 is 1.26 bits per heavy atom. The Morgan fingerprint density at radius 1 is 0.519 bits per heavy atom. The van der Waals surface area contributed by atoms with E-state index in [0.717, 1.165) is 50.6 Å². The fourth-order valence-electron chi connectivity index (χ4n) is 9.35. The molecule has 6 rings (SSSR count). The van der Waals surface area contributed by atoms with Crippen LogP contribution in [0.3, 0.4) is 0 Å². The van der Waals surface area contributed by atoms with Crippen LogP contribution in [0, 0.1) is 0 Å². The molecular weight excluding hydrogens is 964 g/mol. The second-order valence-corrected chi connectivity index (χ2v) is 73.8. The number of benzene rings is 4. The summed E-state index contributed by atoms with van der Waals surface area (Å²) in [5.41, 5.74) is 12.7. The van der Waals surface area contributed by atoms with Gasteiger partial charge in [0.05, 0.1) is 0 Å². The van der Waals surface area contributed by atoms with Crippen LogP contribution in [-0.2, 0) is 15.6 Å². The van der Waals surface area contributed by atoms with Gasteiger partial charge in [-0.05, 0) is 0 Å². The van der Waals surface area contributed by atoms with Gasteiger partial charge < -0.3 is 0 Å². The first-order valence-electron chi connectivity index (χ1n) is 19.1. The molecule has 4 aromatic rings. The maximum absolute atomic E-state index is 9.13. The van der Waals surface area contributed by atoms with Crippen LogP contribution in [0.1, 0.15) is 81.9 Å². The Kier molecular flexibility index (Phi) is 14.8. The van der Waals surface area contributed by atoms with E-state index in [9.17, 15) is 0 Å². The molecule has 2 aliphatic rings. The molecule has 0 bridgehead atoms. The first-order valence-corrected chi connectivity index (χ1v) is 45.3. The van der Waals surface area contributed by atoms with E-state index in [4.69, 9.17) is 83.5 Å². The van der Waals surface area contributed by atoms with Gasteiger partial charge in [-0.15, -0.1) is 0 Å². The van der Waals surface area contributed by atoms with E-state index in [1.54, 1.807) is 0 Å². The van der Waals surface area contributed by atoms with Crippen LogP contribution in [0.15, 0.2) is 108 Å². The zero-order chi connectivity index (χ0) is 38.8. The van der Waals surface area contributed by atoms with Crippen molar-refractivity contribution in [3.05, 3.63) is 130 Å². The first kappa shape index (κ1) is 43.8. The molecule has 0 saturated heterocycles. The Bertz CT molecular complexity index is 1850. The maximum atomic E-state index is 9.13. The van der Waals surface area contributed by atoms with Crippen LogP contribution in [0.4, 0.5) is 0 Å². The molecule has 0 nitrogen and oxygen atoms in total. The van der Waals surface area contributed by atoms with Gasteiger partial charge in [0, 0.05) is 0 Å². The van der Waals surface area contributed by atoms with Gasteiger partial charge in [0.1, 0.15) is 0 Å². The number of allylic oxidation sites excluding steroid dienone is 2. The molecule has 0 saturated carbocycles.